The van der Waals surface area contributed by atoms with Gasteiger partial charge in [-0.05, 0) is 29.8 Å². The summed E-state index contributed by atoms with van der Waals surface area (Å²) in [6.45, 7) is 0. The van der Waals surface area contributed by atoms with Gasteiger partial charge in [0, 0.05) is 17.2 Å². The highest BCUT2D eigenvalue weighted by Crippen LogP contribution is 2.35. The van der Waals surface area contributed by atoms with E-state index in [9.17, 15) is 19.8 Å². The van der Waals surface area contributed by atoms with Gasteiger partial charge in [-0.15, -0.1) is 0 Å². The molecule has 0 unspecified atom stereocenters. The number of nitrogens with two attached hydrogens (primary N) is 1. The predicted octanol–water partition coefficient (Wildman–Crippen LogP) is 4.57. The number of hydrogen-bond donors (Lipinski definition) is 1. The number of nitrogens with zero attached hydrogens (tertiary/aromatic N) is 3. The molecule has 0 bridgehead atoms. The van der Waals surface area contributed by atoms with E-state index in [0.717, 1.165) is 0 Å². The van der Waals surface area contributed by atoms with Gasteiger partial charge in [0.15, 0.2) is 0 Å². The van der Waals surface area contributed by atoms with E-state index in [1.165, 1.54) is 42.5 Å². The Kier molecular flexibility index (Phi) is 4.52. The zero-order chi connectivity index (χ0) is 18.8. The van der Waals surface area contributed by atoms with Crippen molar-refractivity contribution in [2.45, 2.75) is 0 Å². The van der Waals surface area contributed by atoms with Crippen molar-refractivity contribution in [1.82, 2.24) is 4.98 Å². The first-order chi connectivity index (χ1) is 12.4. The fourth-order valence-corrected chi connectivity index (χ4v) is 2.72. The highest BCUT2D eigenvalue weighted by Gasteiger charge is 2.19. The molecular formula is C18H10ClFN4O2. The standard InChI is InChI=1S/C18H10ClFN4O2/c19-14-6-5-10(7-17(14)24(25)26)12-8-16(23-18(22)13(12)9-21)11-3-1-2-4-15(11)20/h1-8H,(H2,22,23). The van der Waals surface area contributed by atoms with Crippen molar-refractivity contribution in [3.63, 3.8) is 0 Å². The van der Waals surface area contributed by atoms with E-state index >= 15 is 0 Å². The molecule has 0 atom stereocenters. The predicted molar refractivity (Wildman–Crippen MR) is 95.9 cm³/mol. The van der Waals surface area contributed by atoms with E-state index in [-0.39, 0.29) is 33.3 Å². The van der Waals surface area contributed by atoms with Crippen LogP contribution in [0.3, 0.4) is 0 Å². The highest BCUT2D eigenvalue weighted by molar-refractivity contribution is 6.32. The lowest BCUT2D eigenvalue weighted by Crippen LogP contribution is -2.01. The Hall–Kier alpha value is -3.50. The molecule has 0 aliphatic heterocycles. The third-order valence-corrected chi connectivity index (χ3v) is 4.08. The number of pyridine rings is 1. The molecule has 8 heteroatoms. The third kappa shape index (κ3) is 3.06. The molecule has 2 aromatic carbocycles. The minimum atomic E-state index is -0.625. The minimum absolute atomic E-state index is 0.0337. The van der Waals surface area contributed by atoms with Gasteiger partial charge in [-0.25, -0.2) is 9.37 Å². The van der Waals surface area contributed by atoms with Crippen LogP contribution in [-0.2, 0) is 0 Å². The Bertz CT molecular complexity index is 1080. The van der Waals surface area contributed by atoms with Gasteiger partial charge in [0.25, 0.3) is 5.69 Å². The lowest BCUT2D eigenvalue weighted by atomic mass is 9.98. The van der Waals surface area contributed by atoms with Gasteiger partial charge in [0.05, 0.1) is 10.6 Å². The van der Waals surface area contributed by atoms with Crippen molar-refractivity contribution < 1.29 is 9.31 Å². The summed E-state index contributed by atoms with van der Waals surface area (Å²) in [7, 11) is 0. The zero-order valence-corrected chi connectivity index (χ0v) is 13.9. The van der Waals surface area contributed by atoms with Crippen molar-refractivity contribution in [3.8, 4) is 28.5 Å². The van der Waals surface area contributed by atoms with Gasteiger partial charge >= 0.3 is 0 Å². The first-order valence-electron chi connectivity index (χ1n) is 7.32. The maximum absolute atomic E-state index is 14.1. The number of nitro groups is 1. The Balaban J connectivity index is 2.28. The topological polar surface area (TPSA) is 106 Å². The molecule has 26 heavy (non-hydrogen) atoms. The normalized spacial score (nSPS) is 10.3. The van der Waals surface area contributed by atoms with Gasteiger partial charge in [-0.1, -0.05) is 29.8 Å². The quantitative estimate of drug-likeness (QED) is 0.538. The van der Waals surface area contributed by atoms with Crippen LogP contribution >= 0.6 is 11.6 Å². The van der Waals surface area contributed by atoms with E-state index in [2.05, 4.69) is 4.98 Å². The molecule has 3 aromatic rings. The van der Waals surface area contributed by atoms with Crippen LogP contribution in [0.1, 0.15) is 5.56 Å². The molecule has 0 aliphatic carbocycles. The van der Waals surface area contributed by atoms with E-state index < -0.39 is 10.7 Å². The van der Waals surface area contributed by atoms with Gasteiger partial charge in [0.1, 0.15) is 28.3 Å². The van der Waals surface area contributed by atoms with Crippen molar-refractivity contribution in [3.05, 3.63) is 75.0 Å². The smallest absolute Gasteiger partial charge is 0.288 e. The summed E-state index contributed by atoms with van der Waals surface area (Å²) in [5.74, 6) is -0.599. The molecule has 0 aliphatic rings. The van der Waals surface area contributed by atoms with Crippen molar-refractivity contribution in [1.29, 1.82) is 5.26 Å². The molecule has 128 valence electrons. The molecule has 0 fully saturated rings. The number of benzene rings is 2. The second kappa shape index (κ2) is 6.78. The average molecular weight is 369 g/mol. The lowest BCUT2D eigenvalue weighted by Gasteiger charge is -2.11. The molecule has 1 heterocycles. The summed E-state index contributed by atoms with van der Waals surface area (Å²) in [5, 5.41) is 20.5. The third-order valence-electron chi connectivity index (χ3n) is 3.76. The second-order valence-corrected chi connectivity index (χ2v) is 5.74. The summed E-state index contributed by atoms with van der Waals surface area (Å²) in [6.07, 6.45) is 0. The Morgan fingerprint density at radius 1 is 1.19 bits per heavy atom. The summed E-state index contributed by atoms with van der Waals surface area (Å²) in [6, 6.07) is 13.5. The van der Waals surface area contributed by atoms with Gasteiger partial charge in [-0.2, -0.15) is 5.26 Å². The molecule has 0 spiro atoms. The maximum Gasteiger partial charge on any atom is 0.288 e. The number of hydrogen-bond acceptors (Lipinski definition) is 5. The van der Waals surface area contributed by atoms with E-state index in [1.807, 2.05) is 6.07 Å². The van der Waals surface area contributed by atoms with Crippen LogP contribution in [0.5, 0.6) is 0 Å². The Labute approximate surface area is 152 Å². The van der Waals surface area contributed by atoms with Gasteiger partial charge < -0.3 is 5.73 Å². The number of halogens is 2. The monoisotopic (exact) mass is 368 g/mol. The molecular weight excluding hydrogens is 359 g/mol. The number of nitro benzene ring substituents is 1. The lowest BCUT2D eigenvalue weighted by molar-refractivity contribution is -0.384. The van der Waals surface area contributed by atoms with Crippen LogP contribution in [0.15, 0.2) is 48.5 Å². The molecule has 2 N–H and O–H groups in total. The van der Waals surface area contributed by atoms with Crippen LogP contribution in [0.4, 0.5) is 15.9 Å². The van der Waals surface area contributed by atoms with Crippen molar-refractivity contribution in [2.24, 2.45) is 0 Å². The van der Waals surface area contributed by atoms with Crippen LogP contribution in [0.2, 0.25) is 5.02 Å². The molecule has 0 radical (unpaired) electrons. The molecule has 0 saturated carbocycles. The second-order valence-electron chi connectivity index (χ2n) is 5.33. The molecule has 0 amide bonds. The molecule has 1 aromatic heterocycles. The van der Waals surface area contributed by atoms with E-state index in [0.29, 0.717) is 11.1 Å². The highest BCUT2D eigenvalue weighted by atomic mass is 35.5. The van der Waals surface area contributed by atoms with Crippen LogP contribution in [-0.4, -0.2) is 9.91 Å². The first-order valence-corrected chi connectivity index (χ1v) is 7.70. The van der Waals surface area contributed by atoms with E-state index in [4.69, 9.17) is 17.3 Å². The molecule has 3 rings (SSSR count). The first kappa shape index (κ1) is 17.3. The molecule has 6 nitrogen and oxygen atoms in total. The molecule has 0 saturated heterocycles. The van der Waals surface area contributed by atoms with Gasteiger partial charge in [-0.3, -0.25) is 10.1 Å². The SMILES string of the molecule is N#Cc1c(-c2ccc(Cl)c([N+](=O)[O-])c2)cc(-c2ccccc2F)nc1N. The average Bonchev–Trinajstić information content (AvgIpc) is 2.61. The largest absolute Gasteiger partial charge is 0.383 e. The van der Waals surface area contributed by atoms with E-state index in [1.54, 1.807) is 6.07 Å². The number of aromatic nitrogens is 1. The van der Waals surface area contributed by atoms with Crippen LogP contribution in [0, 0.1) is 27.3 Å². The summed E-state index contributed by atoms with van der Waals surface area (Å²) < 4.78 is 14.1. The Morgan fingerprint density at radius 3 is 2.58 bits per heavy atom. The summed E-state index contributed by atoms with van der Waals surface area (Å²) >= 11 is 5.84. The fraction of sp³-hybridized carbons (Fsp3) is 0. The number of anilines is 1. The van der Waals surface area contributed by atoms with Crippen LogP contribution < -0.4 is 5.73 Å². The zero-order valence-electron chi connectivity index (χ0n) is 13.1. The number of nitrogen functional groups attached to an aromatic ring is 1. The summed E-state index contributed by atoms with van der Waals surface area (Å²) in [4.78, 5) is 14.6. The minimum Gasteiger partial charge on any atom is -0.383 e. The van der Waals surface area contributed by atoms with Crippen molar-refractivity contribution >= 4 is 23.1 Å². The van der Waals surface area contributed by atoms with Crippen LogP contribution in [0.25, 0.3) is 22.4 Å². The van der Waals surface area contributed by atoms with Gasteiger partial charge in [0.2, 0.25) is 0 Å². The number of nitriles is 1. The Morgan fingerprint density at radius 2 is 1.92 bits per heavy atom. The van der Waals surface area contributed by atoms with Crippen molar-refractivity contribution in [2.75, 3.05) is 5.73 Å². The number of rotatable bonds is 3. The maximum atomic E-state index is 14.1. The fourth-order valence-electron chi connectivity index (χ4n) is 2.54. The summed E-state index contributed by atoms with van der Waals surface area (Å²) in [5.41, 5.74) is 6.68.